The third-order valence-electron chi connectivity index (χ3n) is 2.21. The van der Waals surface area contributed by atoms with Gasteiger partial charge in [-0.25, -0.2) is 0 Å². The summed E-state index contributed by atoms with van der Waals surface area (Å²) in [6.45, 7) is 6.99. The van der Waals surface area contributed by atoms with Crippen LogP contribution in [-0.4, -0.2) is 36.2 Å². The minimum absolute atomic E-state index is 0.0203. The zero-order chi connectivity index (χ0) is 11.7. The van der Waals surface area contributed by atoms with Gasteiger partial charge in [-0.3, -0.25) is 4.79 Å². The van der Waals surface area contributed by atoms with Crippen LogP contribution < -0.4 is 10.6 Å². The molecule has 0 aromatic rings. The lowest BCUT2D eigenvalue weighted by Gasteiger charge is -2.14. The van der Waals surface area contributed by atoms with Crippen LogP contribution in [0, 0.1) is 0 Å². The molecule has 0 rings (SSSR count). The fourth-order valence-corrected chi connectivity index (χ4v) is 1.22. The molecule has 15 heavy (non-hydrogen) atoms. The first-order chi connectivity index (χ1) is 7.10. The maximum Gasteiger partial charge on any atom is 0.220 e. The number of carbonyl (C=O) groups is 1. The highest BCUT2D eigenvalue weighted by atomic mass is 16.3. The molecule has 1 atom stereocenters. The van der Waals surface area contributed by atoms with Crippen molar-refractivity contribution in [2.75, 3.05) is 13.2 Å². The van der Waals surface area contributed by atoms with Gasteiger partial charge in [0.05, 0.1) is 12.6 Å². The monoisotopic (exact) mass is 216 g/mol. The van der Waals surface area contributed by atoms with Crippen LogP contribution in [0.1, 0.15) is 40.0 Å². The van der Waals surface area contributed by atoms with Gasteiger partial charge in [-0.1, -0.05) is 20.8 Å². The van der Waals surface area contributed by atoms with E-state index in [9.17, 15) is 4.79 Å². The maximum atomic E-state index is 11.4. The normalized spacial score (nSPS) is 12.9. The van der Waals surface area contributed by atoms with Crippen molar-refractivity contribution in [2.45, 2.75) is 52.1 Å². The van der Waals surface area contributed by atoms with E-state index in [-0.39, 0.29) is 18.6 Å². The molecule has 0 saturated carbocycles. The van der Waals surface area contributed by atoms with Crippen molar-refractivity contribution in [1.29, 1.82) is 0 Å². The van der Waals surface area contributed by atoms with E-state index in [1.807, 2.05) is 6.92 Å². The van der Waals surface area contributed by atoms with Crippen LogP contribution in [0.3, 0.4) is 0 Å². The molecule has 90 valence electrons. The van der Waals surface area contributed by atoms with E-state index in [0.29, 0.717) is 12.5 Å². The van der Waals surface area contributed by atoms with E-state index in [1.165, 1.54) is 0 Å². The van der Waals surface area contributed by atoms with Gasteiger partial charge < -0.3 is 15.7 Å². The minimum Gasteiger partial charge on any atom is -0.394 e. The summed E-state index contributed by atoms with van der Waals surface area (Å²) in [6.07, 6.45) is 2.13. The quantitative estimate of drug-likeness (QED) is 0.522. The Morgan fingerprint density at radius 2 is 2.07 bits per heavy atom. The van der Waals surface area contributed by atoms with Crippen molar-refractivity contribution in [1.82, 2.24) is 10.6 Å². The van der Waals surface area contributed by atoms with Crippen molar-refractivity contribution < 1.29 is 9.90 Å². The first-order valence-corrected chi connectivity index (χ1v) is 5.73. The van der Waals surface area contributed by atoms with Gasteiger partial charge in [-0.05, 0) is 19.4 Å². The Morgan fingerprint density at radius 3 is 2.53 bits per heavy atom. The van der Waals surface area contributed by atoms with Crippen molar-refractivity contribution in [3.05, 3.63) is 0 Å². The standard InChI is InChI=1S/C11H24N2O2/c1-4-10(8-14)13-11(15)6-5-7-12-9(2)3/h9-10,12,14H,4-8H2,1-3H3,(H,13,15). The molecule has 0 fully saturated rings. The van der Waals surface area contributed by atoms with Crippen LogP contribution in [0.2, 0.25) is 0 Å². The molecule has 0 aromatic heterocycles. The summed E-state index contributed by atoms with van der Waals surface area (Å²) >= 11 is 0. The first kappa shape index (κ1) is 14.4. The van der Waals surface area contributed by atoms with Gasteiger partial charge in [-0.2, -0.15) is 0 Å². The van der Waals surface area contributed by atoms with E-state index < -0.39 is 0 Å². The fraction of sp³-hybridized carbons (Fsp3) is 0.909. The Kier molecular flexibility index (Phi) is 8.33. The van der Waals surface area contributed by atoms with Crippen LogP contribution in [0.4, 0.5) is 0 Å². The molecule has 1 unspecified atom stereocenters. The Balaban J connectivity index is 3.48. The van der Waals surface area contributed by atoms with Crippen LogP contribution in [0.15, 0.2) is 0 Å². The van der Waals surface area contributed by atoms with Gasteiger partial charge in [0, 0.05) is 12.5 Å². The largest absolute Gasteiger partial charge is 0.394 e. The predicted octanol–water partition coefficient (Wildman–Crippen LogP) is 0.652. The Morgan fingerprint density at radius 1 is 1.40 bits per heavy atom. The number of aliphatic hydroxyl groups excluding tert-OH is 1. The van der Waals surface area contributed by atoms with E-state index in [1.54, 1.807) is 0 Å². The highest BCUT2D eigenvalue weighted by Gasteiger charge is 2.08. The molecule has 1 amide bonds. The van der Waals surface area contributed by atoms with Gasteiger partial charge in [0.2, 0.25) is 5.91 Å². The number of hydrogen-bond acceptors (Lipinski definition) is 3. The highest BCUT2D eigenvalue weighted by Crippen LogP contribution is 1.93. The van der Waals surface area contributed by atoms with Gasteiger partial charge in [0.1, 0.15) is 0 Å². The topological polar surface area (TPSA) is 61.4 Å². The first-order valence-electron chi connectivity index (χ1n) is 5.73. The van der Waals surface area contributed by atoms with E-state index in [4.69, 9.17) is 5.11 Å². The van der Waals surface area contributed by atoms with E-state index in [2.05, 4.69) is 24.5 Å². The molecule has 0 saturated heterocycles. The number of rotatable bonds is 8. The van der Waals surface area contributed by atoms with E-state index >= 15 is 0 Å². The second-order valence-electron chi connectivity index (χ2n) is 4.07. The third-order valence-corrected chi connectivity index (χ3v) is 2.21. The molecule has 0 radical (unpaired) electrons. The van der Waals surface area contributed by atoms with Crippen LogP contribution in [0.5, 0.6) is 0 Å². The fourth-order valence-electron chi connectivity index (χ4n) is 1.22. The minimum atomic E-state index is -0.0874. The summed E-state index contributed by atoms with van der Waals surface area (Å²) in [5.41, 5.74) is 0. The third kappa shape index (κ3) is 8.39. The van der Waals surface area contributed by atoms with Gasteiger partial charge in [0.25, 0.3) is 0 Å². The SMILES string of the molecule is CCC(CO)NC(=O)CCCNC(C)C. The summed E-state index contributed by atoms with van der Waals surface area (Å²) < 4.78 is 0. The summed E-state index contributed by atoms with van der Waals surface area (Å²) in [4.78, 5) is 11.4. The molecule has 4 heteroatoms. The smallest absolute Gasteiger partial charge is 0.220 e. The Bertz CT molecular complexity index is 168. The zero-order valence-corrected chi connectivity index (χ0v) is 10.0. The second kappa shape index (κ2) is 8.68. The molecule has 4 nitrogen and oxygen atoms in total. The van der Waals surface area contributed by atoms with Crippen LogP contribution in [0.25, 0.3) is 0 Å². The molecule has 0 aromatic carbocycles. The second-order valence-corrected chi connectivity index (χ2v) is 4.07. The lowest BCUT2D eigenvalue weighted by molar-refractivity contribution is -0.122. The molecule has 0 aliphatic carbocycles. The number of nitrogens with one attached hydrogen (secondary N) is 2. The summed E-state index contributed by atoms with van der Waals surface area (Å²) in [5.74, 6) is 0.0291. The Hall–Kier alpha value is -0.610. The van der Waals surface area contributed by atoms with Crippen molar-refractivity contribution in [2.24, 2.45) is 0 Å². The number of carbonyl (C=O) groups excluding carboxylic acids is 1. The van der Waals surface area contributed by atoms with Gasteiger partial charge in [-0.15, -0.1) is 0 Å². The van der Waals surface area contributed by atoms with Gasteiger partial charge in [0.15, 0.2) is 0 Å². The molecule has 0 aliphatic heterocycles. The lowest BCUT2D eigenvalue weighted by Crippen LogP contribution is -2.37. The predicted molar refractivity (Wildman–Crippen MR) is 61.7 cm³/mol. The number of hydrogen-bond donors (Lipinski definition) is 3. The molecule has 0 heterocycles. The average molecular weight is 216 g/mol. The molecular weight excluding hydrogens is 192 g/mol. The van der Waals surface area contributed by atoms with Crippen LogP contribution in [-0.2, 0) is 4.79 Å². The summed E-state index contributed by atoms with van der Waals surface area (Å²) in [5, 5.41) is 14.9. The summed E-state index contributed by atoms with van der Waals surface area (Å²) in [6, 6.07) is 0.379. The van der Waals surface area contributed by atoms with Crippen molar-refractivity contribution in [3.8, 4) is 0 Å². The average Bonchev–Trinajstić information content (AvgIpc) is 2.20. The molecular formula is C11H24N2O2. The molecule has 0 bridgehead atoms. The van der Waals surface area contributed by atoms with Crippen molar-refractivity contribution in [3.63, 3.8) is 0 Å². The number of aliphatic hydroxyl groups is 1. The van der Waals surface area contributed by atoms with Crippen molar-refractivity contribution >= 4 is 5.91 Å². The van der Waals surface area contributed by atoms with Crippen LogP contribution >= 0.6 is 0 Å². The lowest BCUT2D eigenvalue weighted by atomic mass is 10.2. The van der Waals surface area contributed by atoms with Gasteiger partial charge >= 0.3 is 0 Å². The Labute approximate surface area is 92.4 Å². The molecule has 0 spiro atoms. The number of amides is 1. The maximum absolute atomic E-state index is 11.4. The molecule has 0 aliphatic rings. The molecule has 3 N–H and O–H groups in total. The van der Waals surface area contributed by atoms with E-state index in [0.717, 1.165) is 19.4 Å². The zero-order valence-electron chi connectivity index (χ0n) is 10.0. The summed E-state index contributed by atoms with van der Waals surface area (Å²) in [7, 11) is 0. The highest BCUT2D eigenvalue weighted by molar-refractivity contribution is 5.76.